The van der Waals surface area contributed by atoms with E-state index in [0.29, 0.717) is 18.7 Å². The fourth-order valence-corrected chi connectivity index (χ4v) is 2.53. The van der Waals surface area contributed by atoms with Crippen molar-refractivity contribution < 1.29 is 9.59 Å². The van der Waals surface area contributed by atoms with E-state index >= 15 is 0 Å². The number of aromatic amines is 1. The van der Waals surface area contributed by atoms with Crippen molar-refractivity contribution >= 4 is 22.8 Å². The van der Waals surface area contributed by atoms with E-state index in [4.69, 9.17) is 0 Å². The number of rotatable bonds is 1. The maximum atomic E-state index is 12.5. The Morgan fingerprint density at radius 3 is 3.00 bits per heavy atom. The molecule has 1 aliphatic rings. The molecule has 0 saturated carbocycles. The highest BCUT2D eigenvalue weighted by Gasteiger charge is 2.32. The number of carbonyl (C=O) groups excluding carboxylic acids is 2. The minimum absolute atomic E-state index is 0.0211. The summed E-state index contributed by atoms with van der Waals surface area (Å²) in [5.74, 6) is -0.136. The smallest absolute Gasteiger partial charge is 0.254 e. The third-order valence-electron chi connectivity index (χ3n) is 3.81. The van der Waals surface area contributed by atoms with Crippen LogP contribution < -0.4 is 0 Å². The molecule has 0 spiro atoms. The average Bonchev–Trinajstić information content (AvgIpc) is 2.91. The summed E-state index contributed by atoms with van der Waals surface area (Å²) in [4.78, 5) is 34.9. The van der Waals surface area contributed by atoms with Crippen molar-refractivity contribution in [2.75, 3.05) is 20.1 Å². The van der Waals surface area contributed by atoms with Gasteiger partial charge in [-0.05, 0) is 25.1 Å². The van der Waals surface area contributed by atoms with E-state index < -0.39 is 6.04 Å². The zero-order valence-corrected chi connectivity index (χ0v) is 11.5. The SMILES string of the molecule is CC1C(=O)N(C)CCN1C(=O)c1ccc2nc[nH]c2c1. The normalized spacial score (nSPS) is 19.7. The first-order chi connectivity index (χ1) is 9.58. The Hall–Kier alpha value is -2.37. The molecule has 1 aromatic carbocycles. The van der Waals surface area contributed by atoms with E-state index in [1.54, 1.807) is 42.2 Å². The van der Waals surface area contributed by atoms with Crippen LogP contribution in [0, 0.1) is 0 Å². The lowest BCUT2D eigenvalue weighted by Crippen LogP contribution is -2.56. The Kier molecular flexibility index (Phi) is 2.93. The predicted molar refractivity (Wildman–Crippen MR) is 74.2 cm³/mol. The van der Waals surface area contributed by atoms with Crippen molar-refractivity contribution in [2.24, 2.45) is 0 Å². The van der Waals surface area contributed by atoms with Crippen LogP contribution in [0.3, 0.4) is 0 Å². The van der Waals surface area contributed by atoms with Crippen LogP contribution in [0.15, 0.2) is 24.5 Å². The number of fused-ring (bicyclic) bond motifs is 1. The highest BCUT2D eigenvalue weighted by Crippen LogP contribution is 2.17. The van der Waals surface area contributed by atoms with Gasteiger partial charge in [0.15, 0.2) is 0 Å². The first-order valence-electron chi connectivity index (χ1n) is 6.57. The molecule has 1 aliphatic heterocycles. The monoisotopic (exact) mass is 272 g/mol. The van der Waals surface area contributed by atoms with Gasteiger partial charge in [-0.25, -0.2) is 4.98 Å². The van der Waals surface area contributed by atoms with Crippen molar-refractivity contribution in [1.29, 1.82) is 0 Å². The molecule has 20 heavy (non-hydrogen) atoms. The lowest BCUT2D eigenvalue weighted by molar-refractivity contribution is -0.137. The number of benzene rings is 1. The molecular formula is C14H16N4O2. The quantitative estimate of drug-likeness (QED) is 0.837. The van der Waals surface area contributed by atoms with Crippen LogP contribution in [0.5, 0.6) is 0 Å². The molecule has 1 aromatic heterocycles. The lowest BCUT2D eigenvalue weighted by atomic mass is 10.1. The second-order valence-corrected chi connectivity index (χ2v) is 5.07. The molecule has 3 rings (SSSR count). The molecule has 104 valence electrons. The highest BCUT2D eigenvalue weighted by atomic mass is 16.2. The molecule has 6 nitrogen and oxygen atoms in total. The molecule has 1 N–H and O–H groups in total. The van der Waals surface area contributed by atoms with Crippen LogP contribution in [-0.4, -0.2) is 57.8 Å². The summed E-state index contributed by atoms with van der Waals surface area (Å²) in [5, 5.41) is 0. The van der Waals surface area contributed by atoms with Gasteiger partial charge < -0.3 is 14.8 Å². The van der Waals surface area contributed by atoms with Gasteiger partial charge in [-0.1, -0.05) is 0 Å². The van der Waals surface area contributed by atoms with E-state index in [-0.39, 0.29) is 11.8 Å². The molecular weight excluding hydrogens is 256 g/mol. The van der Waals surface area contributed by atoms with Crippen molar-refractivity contribution in [3.63, 3.8) is 0 Å². The molecule has 2 aromatic rings. The third-order valence-corrected chi connectivity index (χ3v) is 3.81. The van der Waals surface area contributed by atoms with Gasteiger partial charge in [0.25, 0.3) is 5.91 Å². The molecule has 1 atom stereocenters. The van der Waals surface area contributed by atoms with Crippen molar-refractivity contribution in [3.05, 3.63) is 30.1 Å². The zero-order valence-electron chi connectivity index (χ0n) is 11.5. The molecule has 0 bridgehead atoms. The third kappa shape index (κ3) is 1.93. The number of piperazine rings is 1. The van der Waals surface area contributed by atoms with Crippen molar-refractivity contribution in [1.82, 2.24) is 19.8 Å². The van der Waals surface area contributed by atoms with Gasteiger partial charge in [-0.15, -0.1) is 0 Å². The lowest BCUT2D eigenvalue weighted by Gasteiger charge is -2.37. The molecule has 6 heteroatoms. The molecule has 2 heterocycles. The number of imidazole rings is 1. The zero-order chi connectivity index (χ0) is 14.3. The summed E-state index contributed by atoms with van der Waals surface area (Å²) in [5.41, 5.74) is 2.22. The molecule has 2 amide bonds. The fourth-order valence-electron chi connectivity index (χ4n) is 2.53. The maximum absolute atomic E-state index is 12.5. The second-order valence-electron chi connectivity index (χ2n) is 5.07. The second kappa shape index (κ2) is 4.63. The first kappa shape index (κ1) is 12.7. The van der Waals surface area contributed by atoms with E-state index in [0.717, 1.165) is 11.0 Å². The van der Waals surface area contributed by atoms with Gasteiger partial charge in [0.1, 0.15) is 6.04 Å². The number of hydrogen-bond acceptors (Lipinski definition) is 3. The summed E-state index contributed by atoms with van der Waals surface area (Å²) in [6.07, 6.45) is 1.60. The average molecular weight is 272 g/mol. The Morgan fingerprint density at radius 2 is 2.20 bits per heavy atom. The van der Waals surface area contributed by atoms with Crippen LogP contribution in [0.1, 0.15) is 17.3 Å². The van der Waals surface area contributed by atoms with Crippen molar-refractivity contribution in [2.45, 2.75) is 13.0 Å². The van der Waals surface area contributed by atoms with Gasteiger partial charge in [0, 0.05) is 25.7 Å². The topological polar surface area (TPSA) is 69.3 Å². The number of amides is 2. The number of nitrogens with one attached hydrogen (secondary N) is 1. The Labute approximate surface area is 116 Å². The molecule has 1 saturated heterocycles. The standard InChI is InChI=1S/C14H16N4O2/c1-9-13(19)17(2)5-6-18(9)14(20)10-3-4-11-12(7-10)16-8-15-11/h3-4,7-9H,5-6H2,1-2H3,(H,15,16). The van der Waals surface area contributed by atoms with E-state index in [1.165, 1.54) is 0 Å². The molecule has 1 fully saturated rings. The Balaban J connectivity index is 1.89. The van der Waals surface area contributed by atoms with Crippen LogP contribution in [-0.2, 0) is 4.79 Å². The summed E-state index contributed by atoms with van der Waals surface area (Å²) in [7, 11) is 1.76. The fraction of sp³-hybridized carbons (Fsp3) is 0.357. The molecule has 1 unspecified atom stereocenters. The largest absolute Gasteiger partial charge is 0.345 e. The highest BCUT2D eigenvalue weighted by molar-refractivity contribution is 6.00. The summed E-state index contributed by atoms with van der Waals surface area (Å²) < 4.78 is 0. The Morgan fingerprint density at radius 1 is 1.40 bits per heavy atom. The minimum atomic E-state index is -0.418. The van der Waals surface area contributed by atoms with Crippen LogP contribution >= 0.6 is 0 Å². The first-order valence-corrected chi connectivity index (χ1v) is 6.57. The van der Waals surface area contributed by atoms with Crippen LogP contribution in [0.2, 0.25) is 0 Å². The van der Waals surface area contributed by atoms with E-state index in [1.807, 2.05) is 6.07 Å². The maximum Gasteiger partial charge on any atom is 0.254 e. The predicted octanol–water partition coefficient (Wildman–Crippen LogP) is 0.866. The van der Waals surface area contributed by atoms with Gasteiger partial charge in [-0.2, -0.15) is 0 Å². The minimum Gasteiger partial charge on any atom is -0.345 e. The van der Waals surface area contributed by atoms with Gasteiger partial charge in [0.05, 0.1) is 17.4 Å². The summed E-state index contributed by atoms with van der Waals surface area (Å²) >= 11 is 0. The van der Waals surface area contributed by atoms with E-state index in [2.05, 4.69) is 9.97 Å². The van der Waals surface area contributed by atoms with Crippen LogP contribution in [0.4, 0.5) is 0 Å². The molecule has 0 radical (unpaired) electrons. The number of likely N-dealkylation sites (N-methyl/N-ethyl adjacent to an activating group) is 1. The number of H-pyrrole nitrogens is 1. The van der Waals surface area contributed by atoms with Gasteiger partial charge >= 0.3 is 0 Å². The van der Waals surface area contributed by atoms with E-state index in [9.17, 15) is 9.59 Å². The Bertz CT molecular complexity index is 679. The number of carbonyl (C=O) groups is 2. The number of hydrogen-bond donors (Lipinski definition) is 1. The number of aromatic nitrogens is 2. The number of nitrogens with zero attached hydrogens (tertiary/aromatic N) is 3. The summed E-state index contributed by atoms with van der Waals surface area (Å²) in [6.45, 7) is 2.90. The van der Waals surface area contributed by atoms with Crippen LogP contribution in [0.25, 0.3) is 11.0 Å². The summed E-state index contributed by atoms with van der Waals surface area (Å²) in [6, 6.07) is 4.92. The molecule has 0 aliphatic carbocycles. The van der Waals surface area contributed by atoms with Gasteiger partial charge in [0.2, 0.25) is 5.91 Å². The van der Waals surface area contributed by atoms with Crippen molar-refractivity contribution in [3.8, 4) is 0 Å². The van der Waals surface area contributed by atoms with Gasteiger partial charge in [-0.3, -0.25) is 9.59 Å².